The summed E-state index contributed by atoms with van der Waals surface area (Å²) in [5.74, 6) is 0.706. The van der Waals surface area contributed by atoms with E-state index in [-0.39, 0.29) is 24.4 Å². The summed E-state index contributed by atoms with van der Waals surface area (Å²) in [5, 5.41) is 3.01. The van der Waals surface area contributed by atoms with Gasteiger partial charge in [-0.25, -0.2) is 0 Å². The molecule has 1 heterocycles. The number of hydrogen-bond acceptors (Lipinski definition) is 3. The Morgan fingerprint density at radius 1 is 1.56 bits per heavy atom. The van der Waals surface area contributed by atoms with Crippen LogP contribution in [0.2, 0.25) is 4.34 Å². The Morgan fingerprint density at radius 3 is 2.78 bits per heavy atom. The van der Waals surface area contributed by atoms with Crippen molar-refractivity contribution in [3.8, 4) is 0 Å². The molecule has 0 spiro atoms. The lowest BCUT2D eigenvalue weighted by Gasteiger charge is -2.15. The summed E-state index contributed by atoms with van der Waals surface area (Å²) in [7, 11) is 0. The zero-order chi connectivity index (χ0) is 12.3. The second kappa shape index (κ2) is 7.34. The molecule has 3 nitrogen and oxygen atoms in total. The molecular weight excluding hydrogens is 291 g/mol. The fourth-order valence-electron chi connectivity index (χ4n) is 1.87. The summed E-state index contributed by atoms with van der Waals surface area (Å²) in [6.07, 6.45) is 3.66. The average molecular weight is 309 g/mol. The van der Waals surface area contributed by atoms with Crippen molar-refractivity contribution < 1.29 is 4.79 Å². The van der Waals surface area contributed by atoms with Gasteiger partial charge in [0.25, 0.3) is 0 Å². The van der Waals surface area contributed by atoms with Crippen LogP contribution < -0.4 is 11.1 Å². The molecule has 1 saturated carbocycles. The maximum absolute atomic E-state index is 11.7. The fourth-order valence-corrected chi connectivity index (χ4v) is 2.96. The molecule has 1 atom stereocenters. The third kappa shape index (κ3) is 4.76. The lowest BCUT2D eigenvalue weighted by Crippen LogP contribution is -2.41. The molecule has 0 saturated heterocycles. The molecule has 1 aromatic rings. The minimum Gasteiger partial charge on any atom is -0.352 e. The Hall–Kier alpha value is -0.290. The Bertz CT molecular complexity index is 393. The van der Waals surface area contributed by atoms with Gasteiger partial charge in [0.15, 0.2) is 0 Å². The van der Waals surface area contributed by atoms with Crippen molar-refractivity contribution in [1.29, 1.82) is 0 Å². The maximum atomic E-state index is 11.7. The van der Waals surface area contributed by atoms with Crippen LogP contribution in [0.15, 0.2) is 12.1 Å². The number of amides is 1. The number of rotatable bonds is 6. The van der Waals surface area contributed by atoms with Crippen molar-refractivity contribution in [2.75, 3.05) is 6.54 Å². The fraction of sp³-hybridized carbons (Fsp3) is 0.583. The molecule has 0 aliphatic heterocycles. The zero-order valence-corrected chi connectivity index (χ0v) is 12.4. The van der Waals surface area contributed by atoms with E-state index in [0.717, 1.165) is 15.6 Å². The number of carbonyl (C=O) groups is 1. The lowest BCUT2D eigenvalue weighted by atomic mass is 10.1. The standard InChI is InChI=1S/C12H17ClN2OS.ClH/c13-11-5-3-9(17-11)4-6-12(16)15-10(7-14)8-1-2-8;/h3,5,8,10H,1-2,4,6-7,14H2,(H,15,16);1H. The third-order valence-corrected chi connectivity index (χ3v) is 4.31. The molecule has 102 valence electrons. The summed E-state index contributed by atoms with van der Waals surface area (Å²) in [6, 6.07) is 4.02. The smallest absolute Gasteiger partial charge is 0.220 e. The van der Waals surface area contributed by atoms with Gasteiger partial charge in [-0.15, -0.1) is 23.7 Å². The highest BCUT2D eigenvalue weighted by Gasteiger charge is 2.30. The van der Waals surface area contributed by atoms with Gasteiger partial charge in [-0.1, -0.05) is 11.6 Å². The number of halogens is 2. The van der Waals surface area contributed by atoms with E-state index in [1.54, 1.807) is 0 Å². The Labute approximate surface area is 122 Å². The summed E-state index contributed by atoms with van der Waals surface area (Å²) >= 11 is 7.37. The first-order chi connectivity index (χ1) is 8.19. The second-order valence-corrected chi connectivity index (χ2v) is 6.25. The van der Waals surface area contributed by atoms with Crippen molar-refractivity contribution >= 4 is 41.3 Å². The van der Waals surface area contributed by atoms with Crippen LogP contribution in [0.25, 0.3) is 0 Å². The number of aryl methyl sites for hydroxylation is 1. The molecule has 0 aromatic carbocycles. The first kappa shape index (κ1) is 15.8. The van der Waals surface area contributed by atoms with Crippen LogP contribution in [0.4, 0.5) is 0 Å². The number of thiophene rings is 1. The van der Waals surface area contributed by atoms with Crippen molar-refractivity contribution in [2.24, 2.45) is 11.7 Å². The van der Waals surface area contributed by atoms with E-state index >= 15 is 0 Å². The molecular formula is C12H18Cl2N2OS. The first-order valence-corrected chi connectivity index (χ1v) is 7.12. The van der Waals surface area contributed by atoms with Crippen LogP contribution in [0.5, 0.6) is 0 Å². The van der Waals surface area contributed by atoms with E-state index < -0.39 is 0 Å². The van der Waals surface area contributed by atoms with Crippen molar-refractivity contribution in [3.05, 3.63) is 21.3 Å². The molecule has 3 N–H and O–H groups in total. The number of nitrogens with one attached hydrogen (secondary N) is 1. The van der Waals surface area contributed by atoms with E-state index in [4.69, 9.17) is 17.3 Å². The van der Waals surface area contributed by atoms with Gasteiger partial charge in [0.05, 0.1) is 4.34 Å². The van der Waals surface area contributed by atoms with Gasteiger partial charge in [0.2, 0.25) is 5.91 Å². The number of carbonyl (C=O) groups excluding carboxylic acids is 1. The van der Waals surface area contributed by atoms with Crippen LogP contribution in [0.3, 0.4) is 0 Å². The molecule has 1 amide bonds. The molecule has 1 aliphatic carbocycles. The SMILES string of the molecule is Cl.NCC(NC(=O)CCc1ccc(Cl)s1)C1CC1. The molecule has 1 unspecified atom stereocenters. The Morgan fingerprint density at radius 2 is 2.28 bits per heavy atom. The average Bonchev–Trinajstić information content (AvgIpc) is 3.07. The highest BCUT2D eigenvalue weighted by Crippen LogP contribution is 2.32. The van der Waals surface area contributed by atoms with E-state index in [0.29, 0.717) is 18.9 Å². The predicted octanol–water partition coefficient (Wildman–Crippen LogP) is 2.61. The summed E-state index contributed by atoms with van der Waals surface area (Å²) in [5.41, 5.74) is 5.64. The van der Waals surface area contributed by atoms with Gasteiger partial charge < -0.3 is 11.1 Å². The lowest BCUT2D eigenvalue weighted by molar-refractivity contribution is -0.121. The monoisotopic (exact) mass is 308 g/mol. The van der Waals surface area contributed by atoms with Crippen molar-refractivity contribution in [3.63, 3.8) is 0 Å². The Balaban J connectivity index is 0.00000162. The van der Waals surface area contributed by atoms with Crippen LogP contribution in [-0.2, 0) is 11.2 Å². The van der Waals surface area contributed by atoms with Gasteiger partial charge in [-0.3, -0.25) is 4.79 Å². The van der Waals surface area contributed by atoms with Gasteiger partial charge in [-0.2, -0.15) is 0 Å². The minimum atomic E-state index is 0. The van der Waals surface area contributed by atoms with Crippen molar-refractivity contribution in [2.45, 2.75) is 31.7 Å². The largest absolute Gasteiger partial charge is 0.352 e. The molecule has 1 aliphatic rings. The molecule has 18 heavy (non-hydrogen) atoms. The molecule has 6 heteroatoms. The van der Waals surface area contributed by atoms with Crippen LogP contribution >= 0.6 is 35.3 Å². The number of nitrogens with two attached hydrogens (primary N) is 1. The van der Waals surface area contributed by atoms with Gasteiger partial charge in [0.1, 0.15) is 0 Å². The van der Waals surface area contributed by atoms with Crippen molar-refractivity contribution in [1.82, 2.24) is 5.32 Å². The van der Waals surface area contributed by atoms with Crippen LogP contribution in [0, 0.1) is 5.92 Å². The zero-order valence-electron chi connectivity index (χ0n) is 10.0. The molecule has 0 bridgehead atoms. The summed E-state index contributed by atoms with van der Waals surface area (Å²) in [6.45, 7) is 0.543. The molecule has 2 rings (SSSR count). The third-order valence-electron chi connectivity index (χ3n) is 3.02. The number of hydrogen-bond donors (Lipinski definition) is 2. The van der Waals surface area contributed by atoms with E-state index in [2.05, 4.69) is 5.32 Å². The predicted molar refractivity (Wildman–Crippen MR) is 78.6 cm³/mol. The Kier molecular flexibility index (Phi) is 6.43. The molecule has 1 fully saturated rings. The minimum absolute atomic E-state index is 0. The molecule has 0 radical (unpaired) electrons. The maximum Gasteiger partial charge on any atom is 0.220 e. The normalized spacial score (nSPS) is 15.9. The second-order valence-electron chi connectivity index (χ2n) is 4.45. The van der Waals surface area contributed by atoms with Crippen LogP contribution in [0.1, 0.15) is 24.1 Å². The summed E-state index contributed by atoms with van der Waals surface area (Å²) < 4.78 is 0.776. The molecule has 1 aromatic heterocycles. The van der Waals surface area contributed by atoms with Gasteiger partial charge in [-0.05, 0) is 37.3 Å². The highest BCUT2D eigenvalue weighted by molar-refractivity contribution is 7.16. The van der Waals surface area contributed by atoms with Crippen LogP contribution in [-0.4, -0.2) is 18.5 Å². The van der Waals surface area contributed by atoms with Gasteiger partial charge >= 0.3 is 0 Å². The quantitative estimate of drug-likeness (QED) is 0.848. The highest BCUT2D eigenvalue weighted by atomic mass is 35.5. The van der Waals surface area contributed by atoms with Gasteiger partial charge in [0, 0.05) is 23.9 Å². The van der Waals surface area contributed by atoms with E-state index in [9.17, 15) is 4.79 Å². The first-order valence-electron chi connectivity index (χ1n) is 5.92. The topological polar surface area (TPSA) is 55.1 Å². The van der Waals surface area contributed by atoms with E-state index in [1.807, 2.05) is 12.1 Å². The summed E-state index contributed by atoms with van der Waals surface area (Å²) in [4.78, 5) is 12.9. The van der Waals surface area contributed by atoms with E-state index in [1.165, 1.54) is 24.2 Å².